The summed E-state index contributed by atoms with van der Waals surface area (Å²) in [6, 6.07) is 8.11. The molecule has 0 spiro atoms. The SMILES string of the molecule is C/C(=N\Nc1cc(N2CCOCC2)nc(C)n1)c1ccc([N+](=O)[O-])cc1. The summed E-state index contributed by atoms with van der Waals surface area (Å²) in [6.07, 6.45) is 0. The highest BCUT2D eigenvalue weighted by atomic mass is 16.6. The third kappa shape index (κ3) is 4.31. The molecule has 1 aromatic heterocycles. The second-order valence-electron chi connectivity index (χ2n) is 5.87. The third-order valence-electron chi connectivity index (χ3n) is 3.99. The molecule has 0 bridgehead atoms. The molecule has 0 saturated carbocycles. The molecule has 26 heavy (non-hydrogen) atoms. The van der Waals surface area contributed by atoms with Crippen LogP contribution in [0, 0.1) is 17.0 Å². The standard InChI is InChI=1S/C17H20N6O3/c1-12(14-3-5-15(6-4-14)23(24)25)20-21-16-11-17(19-13(2)18-16)22-7-9-26-10-8-22/h3-6,11H,7-10H2,1-2H3,(H,18,19,21)/b20-12+. The molecule has 1 saturated heterocycles. The molecule has 1 fully saturated rings. The molecule has 1 aliphatic rings. The first kappa shape index (κ1) is 17.7. The number of nitro benzene ring substituents is 1. The molecule has 0 atom stereocenters. The first-order chi connectivity index (χ1) is 12.5. The molecule has 0 amide bonds. The molecule has 1 aromatic carbocycles. The van der Waals surface area contributed by atoms with Crippen molar-refractivity contribution in [3.8, 4) is 0 Å². The largest absolute Gasteiger partial charge is 0.378 e. The molecule has 0 aliphatic carbocycles. The van der Waals surface area contributed by atoms with Gasteiger partial charge >= 0.3 is 0 Å². The summed E-state index contributed by atoms with van der Waals surface area (Å²) < 4.78 is 5.37. The minimum absolute atomic E-state index is 0.0519. The fourth-order valence-corrected chi connectivity index (χ4v) is 2.59. The lowest BCUT2D eigenvalue weighted by Crippen LogP contribution is -2.36. The van der Waals surface area contributed by atoms with Crippen LogP contribution >= 0.6 is 0 Å². The van der Waals surface area contributed by atoms with Gasteiger partial charge in [-0.15, -0.1) is 0 Å². The third-order valence-corrected chi connectivity index (χ3v) is 3.99. The van der Waals surface area contributed by atoms with Crippen molar-refractivity contribution in [2.24, 2.45) is 5.10 Å². The number of anilines is 2. The summed E-state index contributed by atoms with van der Waals surface area (Å²) in [5.41, 5.74) is 4.49. The zero-order chi connectivity index (χ0) is 18.5. The van der Waals surface area contributed by atoms with E-state index in [1.807, 2.05) is 19.9 Å². The molecule has 136 valence electrons. The Morgan fingerprint density at radius 1 is 1.27 bits per heavy atom. The topological polar surface area (TPSA) is 106 Å². The lowest BCUT2D eigenvalue weighted by molar-refractivity contribution is -0.384. The number of aryl methyl sites for hydroxylation is 1. The molecular weight excluding hydrogens is 336 g/mol. The molecule has 1 aliphatic heterocycles. The second kappa shape index (κ2) is 7.87. The van der Waals surface area contributed by atoms with Gasteiger partial charge in [-0.3, -0.25) is 15.5 Å². The summed E-state index contributed by atoms with van der Waals surface area (Å²) in [5.74, 6) is 2.09. The number of ether oxygens (including phenoxy) is 1. The second-order valence-corrected chi connectivity index (χ2v) is 5.87. The Labute approximate surface area is 150 Å². The van der Waals surface area contributed by atoms with Crippen molar-refractivity contribution in [1.29, 1.82) is 0 Å². The Hall–Kier alpha value is -3.07. The van der Waals surface area contributed by atoms with Gasteiger partial charge in [-0.2, -0.15) is 5.10 Å². The van der Waals surface area contributed by atoms with Crippen LogP contribution < -0.4 is 10.3 Å². The van der Waals surface area contributed by atoms with Gasteiger partial charge in [0.1, 0.15) is 11.6 Å². The number of nitrogens with one attached hydrogen (secondary N) is 1. The first-order valence-corrected chi connectivity index (χ1v) is 8.26. The fourth-order valence-electron chi connectivity index (χ4n) is 2.59. The van der Waals surface area contributed by atoms with E-state index in [0.29, 0.717) is 30.6 Å². The highest BCUT2D eigenvalue weighted by Crippen LogP contribution is 2.18. The van der Waals surface area contributed by atoms with Crippen LogP contribution in [0.2, 0.25) is 0 Å². The van der Waals surface area contributed by atoms with E-state index < -0.39 is 4.92 Å². The smallest absolute Gasteiger partial charge is 0.269 e. The number of rotatable bonds is 5. The number of hydrazone groups is 1. The van der Waals surface area contributed by atoms with Gasteiger partial charge < -0.3 is 9.64 Å². The number of hydrogen-bond acceptors (Lipinski definition) is 8. The Morgan fingerprint density at radius 3 is 2.62 bits per heavy atom. The highest BCUT2D eigenvalue weighted by Gasteiger charge is 2.14. The van der Waals surface area contributed by atoms with E-state index in [2.05, 4.69) is 25.4 Å². The molecule has 2 aromatic rings. The minimum atomic E-state index is -0.425. The molecule has 0 radical (unpaired) electrons. The van der Waals surface area contributed by atoms with Crippen LogP contribution in [0.5, 0.6) is 0 Å². The number of nitrogens with zero attached hydrogens (tertiary/aromatic N) is 5. The maximum absolute atomic E-state index is 10.7. The zero-order valence-corrected chi connectivity index (χ0v) is 14.7. The molecule has 0 unspecified atom stereocenters. The summed E-state index contributed by atoms with van der Waals surface area (Å²) in [5, 5.41) is 15.1. The quantitative estimate of drug-likeness (QED) is 0.498. The number of morpholine rings is 1. The number of benzene rings is 1. The summed E-state index contributed by atoms with van der Waals surface area (Å²) in [6.45, 7) is 6.61. The van der Waals surface area contributed by atoms with Crippen LogP contribution in [0.15, 0.2) is 35.4 Å². The van der Waals surface area contributed by atoms with E-state index in [0.717, 1.165) is 24.5 Å². The minimum Gasteiger partial charge on any atom is -0.378 e. The maximum Gasteiger partial charge on any atom is 0.269 e. The average molecular weight is 356 g/mol. The van der Waals surface area contributed by atoms with Crippen molar-refractivity contribution in [2.75, 3.05) is 36.6 Å². The lowest BCUT2D eigenvalue weighted by Gasteiger charge is -2.28. The van der Waals surface area contributed by atoms with Crippen molar-refractivity contribution in [3.05, 3.63) is 51.8 Å². The van der Waals surface area contributed by atoms with Crippen molar-refractivity contribution >= 4 is 23.0 Å². The summed E-state index contributed by atoms with van der Waals surface area (Å²) in [4.78, 5) is 21.3. The van der Waals surface area contributed by atoms with Gasteiger partial charge in [0, 0.05) is 31.3 Å². The van der Waals surface area contributed by atoms with E-state index in [1.54, 1.807) is 12.1 Å². The normalized spacial score (nSPS) is 15.0. The molecule has 3 rings (SSSR count). The van der Waals surface area contributed by atoms with Crippen molar-refractivity contribution < 1.29 is 9.66 Å². The first-order valence-electron chi connectivity index (χ1n) is 8.26. The van der Waals surface area contributed by atoms with Gasteiger partial charge in [0.15, 0.2) is 5.82 Å². The van der Waals surface area contributed by atoms with E-state index in [-0.39, 0.29) is 5.69 Å². The van der Waals surface area contributed by atoms with Gasteiger partial charge in [-0.05, 0) is 31.5 Å². The Balaban J connectivity index is 1.74. The molecule has 1 N–H and O–H groups in total. The van der Waals surface area contributed by atoms with Crippen LogP contribution in [0.3, 0.4) is 0 Å². The van der Waals surface area contributed by atoms with E-state index in [1.165, 1.54) is 12.1 Å². The van der Waals surface area contributed by atoms with Gasteiger partial charge in [-0.1, -0.05) is 0 Å². The molecular formula is C17H20N6O3. The van der Waals surface area contributed by atoms with Gasteiger partial charge in [0.2, 0.25) is 0 Å². The lowest BCUT2D eigenvalue weighted by atomic mass is 10.1. The Morgan fingerprint density at radius 2 is 1.96 bits per heavy atom. The molecule has 9 nitrogen and oxygen atoms in total. The predicted octanol–water partition coefficient (Wildman–Crippen LogP) is 2.37. The van der Waals surface area contributed by atoms with Crippen LogP contribution in [0.4, 0.5) is 17.3 Å². The monoisotopic (exact) mass is 356 g/mol. The van der Waals surface area contributed by atoms with Gasteiger partial charge in [-0.25, -0.2) is 9.97 Å². The van der Waals surface area contributed by atoms with Gasteiger partial charge in [0.25, 0.3) is 5.69 Å². The van der Waals surface area contributed by atoms with Crippen LogP contribution in [-0.2, 0) is 4.74 Å². The van der Waals surface area contributed by atoms with E-state index >= 15 is 0 Å². The van der Waals surface area contributed by atoms with Crippen molar-refractivity contribution in [1.82, 2.24) is 9.97 Å². The maximum atomic E-state index is 10.7. The van der Waals surface area contributed by atoms with E-state index in [9.17, 15) is 10.1 Å². The Kier molecular flexibility index (Phi) is 5.37. The van der Waals surface area contributed by atoms with Crippen molar-refractivity contribution in [2.45, 2.75) is 13.8 Å². The van der Waals surface area contributed by atoms with Gasteiger partial charge in [0.05, 0.1) is 23.8 Å². The molecule has 2 heterocycles. The number of non-ortho nitro benzene ring substituents is 1. The van der Waals surface area contributed by atoms with E-state index in [4.69, 9.17) is 4.74 Å². The summed E-state index contributed by atoms with van der Waals surface area (Å²) >= 11 is 0. The zero-order valence-electron chi connectivity index (χ0n) is 14.7. The van der Waals surface area contributed by atoms with Crippen LogP contribution in [-0.4, -0.2) is 46.9 Å². The highest BCUT2D eigenvalue weighted by molar-refractivity contribution is 5.99. The summed E-state index contributed by atoms with van der Waals surface area (Å²) in [7, 11) is 0. The number of aromatic nitrogens is 2. The van der Waals surface area contributed by atoms with Crippen LogP contribution in [0.1, 0.15) is 18.3 Å². The van der Waals surface area contributed by atoms with Crippen LogP contribution in [0.25, 0.3) is 0 Å². The van der Waals surface area contributed by atoms with Crippen molar-refractivity contribution in [3.63, 3.8) is 0 Å². The average Bonchev–Trinajstić information content (AvgIpc) is 2.66. The Bertz CT molecular complexity index is 816. The predicted molar refractivity (Wildman–Crippen MR) is 98.7 cm³/mol. The molecule has 9 heteroatoms. The number of hydrogen-bond donors (Lipinski definition) is 1. The number of nitro groups is 1. The fraction of sp³-hybridized carbons (Fsp3) is 0.353.